The van der Waals surface area contributed by atoms with E-state index in [1.54, 1.807) is 0 Å². The second-order valence-corrected chi connectivity index (χ2v) is 7.39. The van der Waals surface area contributed by atoms with Gasteiger partial charge in [0.25, 0.3) is 5.56 Å². The maximum Gasteiger partial charge on any atom is 0.263 e. The zero-order valence-corrected chi connectivity index (χ0v) is 15.3. The standard InChI is InChI=1S/C25H14N2O2/c28-25-17-8-2-1-7-15(17)16-9-5-11-19-23(16)27(25)20-12-6-14-22-24(20)26(19)18-10-3-4-13-21(18)29-22/h1-14H. The Hall–Kier alpha value is -4.05. The van der Waals surface area contributed by atoms with Gasteiger partial charge < -0.3 is 4.42 Å². The predicted octanol–water partition coefficient (Wildman–Crippen LogP) is 5.73. The van der Waals surface area contributed by atoms with Crippen molar-refractivity contribution < 1.29 is 4.42 Å². The molecule has 0 atom stereocenters. The van der Waals surface area contributed by atoms with Crippen molar-refractivity contribution in [1.82, 2.24) is 8.97 Å². The number of para-hydroxylation sites is 4. The molecule has 136 valence electrons. The Kier molecular flexibility index (Phi) is 2.60. The lowest BCUT2D eigenvalue weighted by atomic mass is 10.0. The normalized spacial score (nSPS) is 12.3. The molecule has 4 aromatic carbocycles. The van der Waals surface area contributed by atoms with Crippen LogP contribution in [0, 0.1) is 0 Å². The van der Waals surface area contributed by atoms with Crippen LogP contribution in [0.4, 0.5) is 0 Å². The quantitative estimate of drug-likeness (QED) is 0.251. The molecular formula is C25H14N2O2. The van der Waals surface area contributed by atoms with E-state index in [-0.39, 0.29) is 5.56 Å². The van der Waals surface area contributed by atoms with Gasteiger partial charge >= 0.3 is 0 Å². The van der Waals surface area contributed by atoms with Gasteiger partial charge in [-0.1, -0.05) is 48.5 Å². The highest BCUT2D eigenvalue weighted by Gasteiger charge is 2.22. The largest absolute Gasteiger partial charge is 0.453 e. The van der Waals surface area contributed by atoms with Gasteiger partial charge in [-0.15, -0.1) is 0 Å². The number of hydrogen-bond acceptors (Lipinski definition) is 2. The van der Waals surface area contributed by atoms with Crippen LogP contribution >= 0.6 is 0 Å². The van der Waals surface area contributed by atoms with E-state index in [2.05, 4.69) is 28.8 Å². The minimum atomic E-state index is -0.00698. The third kappa shape index (κ3) is 1.72. The third-order valence-corrected chi connectivity index (χ3v) is 5.90. The Morgan fingerprint density at radius 1 is 0.586 bits per heavy atom. The highest BCUT2D eigenvalue weighted by atomic mass is 16.3. The fraction of sp³-hybridized carbons (Fsp3) is 0. The van der Waals surface area contributed by atoms with E-state index in [4.69, 9.17) is 4.42 Å². The predicted molar refractivity (Wildman–Crippen MR) is 116 cm³/mol. The summed E-state index contributed by atoms with van der Waals surface area (Å²) in [5.74, 6) is 0. The molecule has 4 nitrogen and oxygen atoms in total. The molecule has 2 aliphatic rings. The number of fused-ring (bicyclic) bond motifs is 6. The van der Waals surface area contributed by atoms with Crippen LogP contribution in [0.15, 0.2) is 94.1 Å². The van der Waals surface area contributed by atoms with Gasteiger partial charge in [0, 0.05) is 10.8 Å². The summed E-state index contributed by atoms with van der Waals surface area (Å²) in [7, 11) is 0. The zero-order valence-electron chi connectivity index (χ0n) is 15.3. The number of pyridine rings is 1. The first-order valence-electron chi connectivity index (χ1n) is 9.60. The summed E-state index contributed by atoms with van der Waals surface area (Å²) < 4.78 is 10.3. The van der Waals surface area contributed by atoms with Crippen molar-refractivity contribution in [3.63, 3.8) is 0 Å². The molecule has 2 aliphatic heterocycles. The fourth-order valence-electron chi connectivity index (χ4n) is 4.74. The molecule has 0 aliphatic carbocycles. The fourth-order valence-corrected chi connectivity index (χ4v) is 4.74. The molecule has 1 aromatic heterocycles. The highest BCUT2D eigenvalue weighted by molar-refractivity contribution is 6.13. The molecule has 0 unspecified atom stereocenters. The Balaban J connectivity index is 1.98. The molecule has 4 heteroatoms. The van der Waals surface area contributed by atoms with Crippen LogP contribution < -0.4 is 5.56 Å². The second-order valence-electron chi connectivity index (χ2n) is 7.39. The summed E-state index contributed by atoms with van der Waals surface area (Å²) in [4.78, 5) is 13.6. The molecular weight excluding hydrogens is 360 g/mol. The van der Waals surface area contributed by atoms with Gasteiger partial charge in [0.15, 0.2) is 11.2 Å². The average Bonchev–Trinajstić information content (AvgIpc) is 2.78. The average molecular weight is 374 g/mol. The maximum atomic E-state index is 13.6. The van der Waals surface area contributed by atoms with E-state index >= 15 is 0 Å². The van der Waals surface area contributed by atoms with Crippen LogP contribution in [0.5, 0.6) is 0 Å². The lowest BCUT2D eigenvalue weighted by Gasteiger charge is -2.23. The lowest BCUT2D eigenvalue weighted by molar-refractivity contribution is 0.647. The summed E-state index contributed by atoms with van der Waals surface area (Å²) in [6, 6.07) is 28.0. The summed E-state index contributed by atoms with van der Waals surface area (Å²) in [6.07, 6.45) is 0. The SMILES string of the molecule is O=c1c2ccccc2c2cccc3c2n1c1cccc2oc4ccccc4n3-c21. The minimum absolute atomic E-state index is 0.00698. The van der Waals surface area contributed by atoms with Gasteiger partial charge in [0.2, 0.25) is 0 Å². The van der Waals surface area contributed by atoms with E-state index in [1.807, 2.05) is 65.1 Å². The maximum absolute atomic E-state index is 13.6. The monoisotopic (exact) mass is 374 g/mol. The summed E-state index contributed by atoms with van der Waals surface area (Å²) in [6.45, 7) is 0. The number of rotatable bonds is 0. The molecule has 5 aromatic rings. The van der Waals surface area contributed by atoms with Gasteiger partial charge in [-0.3, -0.25) is 13.8 Å². The Labute approximate surface area is 164 Å². The zero-order chi connectivity index (χ0) is 19.1. The Bertz CT molecular complexity index is 1780. The highest BCUT2D eigenvalue weighted by Crippen LogP contribution is 2.37. The van der Waals surface area contributed by atoms with Crippen molar-refractivity contribution in [2.45, 2.75) is 0 Å². The van der Waals surface area contributed by atoms with Gasteiger partial charge in [-0.05, 0) is 41.8 Å². The first kappa shape index (κ1) is 14.9. The van der Waals surface area contributed by atoms with Gasteiger partial charge in [0.1, 0.15) is 5.69 Å². The Morgan fingerprint density at radius 3 is 2.17 bits per heavy atom. The van der Waals surface area contributed by atoms with Crippen LogP contribution in [-0.2, 0) is 0 Å². The van der Waals surface area contributed by atoms with Crippen molar-refractivity contribution in [3.8, 4) is 5.69 Å². The lowest BCUT2D eigenvalue weighted by Crippen LogP contribution is -2.19. The molecule has 7 rings (SSSR count). The number of benzene rings is 4. The molecule has 3 heterocycles. The smallest absolute Gasteiger partial charge is 0.263 e. The molecule has 0 spiro atoms. The van der Waals surface area contributed by atoms with Gasteiger partial charge in [0.05, 0.1) is 22.1 Å². The molecule has 0 saturated carbocycles. The topological polar surface area (TPSA) is 39.6 Å². The van der Waals surface area contributed by atoms with Crippen LogP contribution in [0.3, 0.4) is 0 Å². The molecule has 0 saturated heterocycles. The van der Waals surface area contributed by atoms with Crippen LogP contribution in [-0.4, -0.2) is 8.97 Å². The second kappa shape index (κ2) is 5.06. The van der Waals surface area contributed by atoms with Crippen molar-refractivity contribution in [3.05, 3.63) is 95.3 Å². The molecule has 0 fully saturated rings. The number of nitrogens with zero attached hydrogens (tertiary/aromatic N) is 2. The minimum Gasteiger partial charge on any atom is -0.453 e. The third-order valence-electron chi connectivity index (χ3n) is 5.90. The number of aromatic nitrogens is 2. The molecule has 0 amide bonds. The first-order chi connectivity index (χ1) is 14.3. The van der Waals surface area contributed by atoms with Crippen molar-refractivity contribution in [2.75, 3.05) is 0 Å². The summed E-state index contributed by atoms with van der Waals surface area (Å²) in [5.41, 5.74) is 6.20. The molecule has 0 N–H and O–H groups in total. The van der Waals surface area contributed by atoms with E-state index in [0.717, 1.165) is 55.1 Å². The van der Waals surface area contributed by atoms with Crippen molar-refractivity contribution in [2.24, 2.45) is 0 Å². The van der Waals surface area contributed by atoms with Crippen molar-refractivity contribution >= 4 is 49.4 Å². The number of hydrogen-bond donors (Lipinski definition) is 0. The summed E-state index contributed by atoms with van der Waals surface area (Å²) in [5, 5.41) is 2.77. The molecule has 0 bridgehead atoms. The summed E-state index contributed by atoms with van der Waals surface area (Å²) >= 11 is 0. The first-order valence-corrected chi connectivity index (χ1v) is 9.60. The van der Waals surface area contributed by atoms with E-state index in [1.165, 1.54) is 0 Å². The van der Waals surface area contributed by atoms with Crippen LogP contribution in [0.25, 0.3) is 55.1 Å². The van der Waals surface area contributed by atoms with Crippen LogP contribution in [0.2, 0.25) is 0 Å². The van der Waals surface area contributed by atoms with Gasteiger partial charge in [-0.25, -0.2) is 0 Å². The molecule has 0 radical (unpaired) electrons. The van der Waals surface area contributed by atoms with Gasteiger partial charge in [-0.2, -0.15) is 0 Å². The van der Waals surface area contributed by atoms with E-state index in [9.17, 15) is 4.79 Å². The van der Waals surface area contributed by atoms with E-state index < -0.39 is 0 Å². The molecule has 29 heavy (non-hydrogen) atoms. The van der Waals surface area contributed by atoms with E-state index in [0.29, 0.717) is 0 Å². The Morgan fingerprint density at radius 2 is 1.24 bits per heavy atom. The van der Waals surface area contributed by atoms with Crippen LogP contribution in [0.1, 0.15) is 0 Å². The van der Waals surface area contributed by atoms with Crippen molar-refractivity contribution in [1.29, 1.82) is 0 Å².